The molecule has 1 N–H and O–H groups in total. The molecule has 0 aromatic heterocycles. The van der Waals surface area contributed by atoms with E-state index in [1.54, 1.807) is 0 Å². The van der Waals surface area contributed by atoms with Gasteiger partial charge < -0.3 is 14.6 Å². The molecule has 0 radical (unpaired) electrons. The van der Waals surface area contributed by atoms with Crippen molar-refractivity contribution in [3.8, 4) is 0 Å². The smallest absolute Gasteiger partial charge is 0.0900 e. The van der Waals surface area contributed by atoms with Crippen molar-refractivity contribution in [3.05, 3.63) is 0 Å². The van der Waals surface area contributed by atoms with Gasteiger partial charge in [-0.05, 0) is 55.8 Å². The van der Waals surface area contributed by atoms with Crippen molar-refractivity contribution in [1.29, 1.82) is 0 Å². The summed E-state index contributed by atoms with van der Waals surface area (Å²) in [5.74, 6) is 3.56. The van der Waals surface area contributed by atoms with E-state index in [9.17, 15) is 5.11 Å². The highest BCUT2D eigenvalue weighted by Gasteiger charge is 2.48. The number of aliphatic hydroxyl groups excluding tert-OH is 1. The van der Waals surface area contributed by atoms with E-state index in [2.05, 4.69) is 4.90 Å². The molecule has 4 heteroatoms. The predicted octanol–water partition coefficient (Wildman–Crippen LogP) is 1.52. The Hall–Kier alpha value is -0.160. The maximum atomic E-state index is 10.2. The molecule has 0 unspecified atom stereocenters. The summed E-state index contributed by atoms with van der Waals surface area (Å²) in [5.41, 5.74) is 0. The SMILES string of the molecule is O[C@@H](COC1C2CC3CC(C2)CC1C3)CN1CCOCC1. The molecule has 1 heterocycles. The fourth-order valence-corrected chi connectivity index (χ4v) is 5.50. The predicted molar refractivity (Wildman–Crippen MR) is 80.1 cm³/mol. The van der Waals surface area contributed by atoms with Gasteiger partial charge in [-0.1, -0.05) is 0 Å². The molecule has 120 valence electrons. The summed E-state index contributed by atoms with van der Waals surface area (Å²) in [4.78, 5) is 2.29. The highest BCUT2D eigenvalue weighted by molar-refractivity contribution is 4.99. The van der Waals surface area contributed by atoms with Gasteiger partial charge in [-0.3, -0.25) is 4.90 Å². The van der Waals surface area contributed by atoms with E-state index in [-0.39, 0.29) is 6.10 Å². The Kier molecular flexibility index (Phi) is 4.23. The van der Waals surface area contributed by atoms with Gasteiger partial charge in [-0.2, -0.15) is 0 Å². The van der Waals surface area contributed by atoms with Crippen LogP contribution in [-0.4, -0.2) is 61.7 Å². The number of ether oxygens (including phenoxy) is 2. The van der Waals surface area contributed by atoms with E-state index >= 15 is 0 Å². The lowest BCUT2D eigenvalue weighted by Gasteiger charge is -2.54. The molecule has 4 nitrogen and oxygen atoms in total. The maximum absolute atomic E-state index is 10.2. The Morgan fingerprint density at radius 3 is 2.24 bits per heavy atom. The lowest BCUT2D eigenvalue weighted by molar-refractivity contribution is -0.142. The fourth-order valence-electron chi connectivity index (χ4n) is 5.50. The van der Waals surface area contributed by atoms with E-state index in [1.165, 1.54) is 32.1 Å². The van der Waals surface area contributed by atoms with Crippen molar-refractivity contribution < 1.29 is 14.6 Å². The highest BCUT2D eigenvalue weighted by atomic mass is 16.5. The largest absolute Gasteiger partial charge is 0.389 e. The standard InChI is InChI=1S/C17H29NO3/c19-16(10-18-1-3-20-4-2-18)11-21-17-14-6-12-5-13(8-14)9-15(17)7-12/h12-17,19H,1-11H2/t12?,13?,14?,15?,16-,17?/m1/s1. The van der Waals surface area contributed by atoms with Crippen LogP contribution in [0, 0.1) is 23.7 Å². The third-order valence-electron chi connectivity index (χ3n) is 6.19. The molecule has 5 rings (SSSR count). The topological polar surface area (TPSA) is 41.9 Å². The minimum Gasteiger partial charge on any atom is -0.389 e. The van der Waals surface area contributed by atoms with Crippen LogP contribution in [0.5, 0.6) is 0 Å². The van der Waals surface area contributed by atoms with Crippen molar-refractivity contribution >= 4 is 0 Å². The number of hydrogen-bond acceptors (Lipinski definition) is 4. The van der Waals surface area contributed by atoms with Gasteiger partial charge in [0.15, 0.2) is 0 Å². The van der Waals surface area contributed by atoms with Crippen molar-refractivity contribution in [2.24, 2.45) is 23.7 Å². The van der Waals surface area contributed by atoms with Crippen LogP contribution in [-0.2, 0) is 9.47 Å². The molecule has 0 amide bonds. The second-order valence-electron chi connectivity index (χ2n) is 7.80. The van der Waals surface area contributed by atoms with Gasteiger partial charge in [0.05, 0.1) is 32.0 Å². The first-order valence-electron chi connectivity index (χ1n) is 8.87. The van der Waals surface area contributed by atoms with Crippen LogP contribution in [0.2, 0.25) is 0 Å². The van der Waals surface area contributed by atoms with Crippen molar-refractivity contribution in [3.63, 3.8) is 0 Å². The number of nitrogens with zero attached hydrogens (tertiary/aromatic N) is 1. The summed E-state index contributed by atoms with van der Waals surface area (Å²) in [6, 6.07) is 0. The molecule has 1 saturated heterocycles. The second kappa shape index (κ2) is 6.15. The Bertz CT molecular complexity index is 328. The first-order chi connectivity index (χ1) is 10.3. The van der Waals surface area contributed by atoms with Gasteiger partial charge in [0, 0.05) is 19.6 Å². The van der Waals surface area contributed by atoms with Gasteiger partial charge in [-0.15, -0.1) is 0 Å². The van der Waals surface area contributed by atoms with E-state index in [4.69, 9.17) is 9.47 Å². The summed E-state index contributed by atoms with van der Waals surface area (Å²) in [5, 5.41) is 10.2. The van der Waals surface area contributed by atoms with E-state index in [0.717, 1.165) is 56.5 Å². The maximum Gasteiger partial charge on any atom is 0.0900 e. The Labute approximate surface area is 127 Å². The summed E-state index contributed by atoms with van der Waals surface area (Å²) in [7, 11) is 0. The molecule has 5 aliphatic rings. The zero-order valence-electron chi connectivity index (χ0n) is 13.0. The van der Waals surface area contributed by atoms with Gasteiger partial charge in [0.1, 0.15) is 0 Å². The van der Waals surface area contributed by atoms with Crippen LogP contribution in [0.3, 0.4) is 0 Å². The number of β-amino-alcohol motifs (C(OH)–C–C–N with tert-alkyl or cyclic N) is 1. The number of aliphatic hydroxyl groups is 1. The first kappa shape index (κ1) is 14.4. The summed E-state index contributed by atoms with van der Waals surface area (Å²) in [6.07, 6.45) is 7.12. The molecule has 4 saturated carbocycles. The molecule has 5 fully saturated rings. The Morgan fingerprint density at radius 2 is 1.62 bits per heavy atom. The van der Waals surface area contributed by atoms with Gasteiger partial charge in [0.2, 0.25) is 0 Å². The molecule has 21 heavy (non-hydrogen) atoms. The quantitative estimate of drug-likeness (QED) is 0.835. The lowest BCUT2D eigenvalue weighted by atomic mass is 9.55. The van der Waals surface area contributed by atoms with Crippen LogP contribution in [0.15, 0.2) is 0 Å². The zero-order chi connectivity index (χ0) is 14.2. The molecular weight excluding hydrogens is 266 g/mol. The van der Waals surface area contributed by atoms with Crippen molar-refractivity contribution in [2.45, 2.75) is 44.3 Å². The minimum atomic E-state index is -0.347. The van der Waals surface area contributed by atoms with Crippen LogP contribution < -0.4 is 0 Å². The average Bonchev–Trinajstić information content (AvgIpc) is 2.47. The molecule has 4 aliphatic carbocycles. The second-order valence-corrected chi connectivity index (χ2v) is 7.80. The zero-order valence-corrected chi connectivity index (χ0v) is 13.0. The van der Waals surface area contributed by atoms with Crippen LogP contribution >= 0.6 is 0 Å². The third-order valence-corrected chi connectivity index (χ3v) is 6.19. The molecule has 4 bridgehead atoms. The van der Waals surface area contributed by atoms with Crippen LogP contribution in [0.1, 0.15) is 32.1 Å². The number of hydrogen-bond donors (Lipinski definition) is 1. The molecule has 0 spiro atoms. The molecule has 1 aliphatic heterocycles. The summed E-state index contributed by atoms with van der Waals surface area (Å²) in [6.45, 7) is 4.72. The fraction of sp³-hybridized carbons (Fsp3) is 1.00. The van der Waals surface area contributed by atoms with Crippen molar-refractivity contribution in [2.75, 3.05) is 39.5 Å². The van der Waals surface area contributed by atoms with Gasteiger partial charge in [-0.25, -0.2) is 0 Å². The molecule has 0 aromatic rings. The summed E-state index contributed by atoms with van der Waals surface area (Å²) >= 11 is 0. The normalized spacial score (nSPS) is 44.1. The summed E-state index contributed by atoms with van der Waals surface area (Å²) < 4.78 is 11.6. The van der Waals surface area contributed by atoms with Gasteiger partial charge in [0.25, 0.3) is 0 Å². The number of morpholine rings is 1. The first-order valence-corrected chi connectivity index (χ1v) is 8.87. The molecule has 0 aromatic carbocycles. The van der Waals surface area contributed by atoms with E-state index < -0.39 is 0 Å². The molecular formula is C17H29NO3. The molecule has 1 atom stereocenters. The lowest BCUT2D eigenvalue weighted by Crippen LogP contribution is -2.50. The van der Waals surface area contributed by atoms with Gasteiger partial charge >= 0.3 is 0 Å². The Balaban J connectivity index is 1.25. The van der Waals surface area contributed by atoms with Crippen LogP contribution in [0.25, 0.3) is 0 Å². The average molecular weight is 295 g/mol. The Morgan fingerprint density at radius 1 is 1.00 bits per heavy atom. The van der Waals surface area contributed by atoms with Crippen molar-refractivity contribution in [1.82, 2.24) is 4.90 Å². The minimum absolute atomic E-state index is 0.347. The van der Waals surface area contributed by atoms with Crippen LogP contribution in [0.4, 0.5) is 0 Å². The monoisotopic (exact) mass is 295 g/mol. The van der Waals surface area contributed by atoms with E-state index in [0.29, 0.717) is 12.7 Å². The number of rotatable bonds is 5. The van der Waals surface area contributed by atoms with E-state index in [1.807, 2.05) is 0 Å². The highest BCUT2D eigenvalue weighted by Crippen LogP contribution is 2.54. The third kappa shape index (κ3) is 3.14.